The molecule has 0 heterocycles. The molecule has 4 heteroatoms. The Morgan fingerprint density at radius 2 is 1.94 bits per heavy atom. The molecule has 0 aliphatic heterocycles. The quantitative estimate of drug-likeness (QED) is 0.825. The van der Waals surface area contributed by atoms with E-state index in [9.17, 15) is 8.42 Å². The number of hydrogen-bond acceptors (Lipinski definition) is 3. The summed E-state index contributed by atoms with van der Waals surface area (Å²) >= 11 is 0. The normalized spacial score (nSPS) is 32.4. The Morgan fingerprint density at radius 1 is 1.29 bits per heavy atom. The summed E-state index contributed by atoms with van der Waals surface area (Å²) < 4.78 is 22.2. The Kier molecular flexibility index (Phi) is 5.45. The van der Waals surface area contributed by atoms with Crippen LogP contribution in [0.4, 0.5) is 0 Å². The fourth-order valence-electron chi connectivity index (χ4n) is 2.66. The maximum absolute atomic E-state index is 11.1. The Labute approximate surface area is 106 Å². The van der Waals surface area contributed by atoms with Gasteiger partial charge >= 0.3 is 0 Å². The summed E-state index contributed by atoms with van der Waals surface area (Å²) in [6, 6.07) is 0.857. The number of hydrogen-bond donors (Lipinski definition) is 1. The molecule has 0 spiro atoms. The highest BCUT2D eigenvalue weighted by molar-refractivity contribution is 7.90. The zero-order chi connectivity index (χ0) is 13.1. The van der Waals surface area contributed by atoms with Crippen LogP contribution in [0.3, 0.4) is 0 Å². The van der Waals surface area contributed by atoms with Crippen LogP contribution >= 0.6 is 0 Å². The highest BCUT2D eigenvalue weighted by Gasteiger charge is 2.27. The number of nitrogens with one attached hydrogen (secondary N) is 1. The molecule has 0 amide bonds. The Morgan fingerprint density at radius 3 is 2.53 bits per heavy atom. The lowest BCUT2D eigenvalue weighted by Crippen LogP contribution is -2.45. The molecule has 17 heavy (non-hydrogen) atoms. The fourth-order valence-corrected chi connectivity index (χ4v) is 3.44. The minimum absolute atomic E-state index is 0.290. The highest BCUT2D eigenvalue weighted by Crippen LogP contribution is 2.29. The summed E-state index contributed by atoms with van der Waals surface area (Å²) in [5.41, 5.74) is 0. The standard InChI is InChI=1S/C13H27NO2S/c1-10-6-5-7-13(12(10)3)14-11(2)8-9-17(4,15)16/h10-14H,5-9H2,1-4H3/t10-,11-,12-,13-/m1/s1. The van der Waals surface area contributed by atoms with E-state index in [0.29, 0.717) is 18.0 Å². The van der Waals surface area contributed by atoms with Crippen LogP contribution in [0.2, 0.25) is 0 Å². The third-order valence-corrected chi connectivity index (χ3v) is 5.10. The van der Waals surface area contributed by atoms with Crippen LogP contribution in [-0.4, -0.2) is 32.5 Å². The molecule has 0 bridgehead atoms. The van der Waals surface area contributed by atoms with E-state index in [4.69, 9.17) is 0 Å². The molecule has 0 aromatic carbocycles. The Bertz CT molecular complexity index is 326. The van der Waals surface area contributed by atoms with E-state index in [0.717, 1.165) is 12.3 Å². The van der Waals surface area contributed by atoms with Crippen molar-refractivity contribution in [2.24, 2.45) is 11.8 Å². The second-order valence-electron chi connectivity index (χ2n) is 5.86. The molecule has 0 radical (unpaired) electrons. The lowest BCUT2D eigenvalue weighted by Gasteiger charge is -2.36. The Hall–Kier alpha value is -0.0900. The van der Waals surface area contributed by atoms with Gasteiger partial charge in [-0.2, -0.15) is 0 Å². The number of rotatable bonds is 5. The number of sulfone groups is 1. The molecule has 1 aliphatic carbocycles. The van der Waals surface area contributed by atoms with Crippen molar-refractivity contribution in [2.75, 3.05) is 12.0 Å². The molecule has 4 atom stereocenters. The van der Waals surface area contributed by atoms with Crippen molar-refractivity contribution in [1.82, 2.24) is 5.32 Å². The Balaban J connectivity index is 2.37. The SMILES string of the molecule is C[C@@H]1[C@H](C)CCC[C@H]1N[C@H](C)CCS(C)(=O)=O. The summed E-state index contributed by atoms with van der Waals surface area (Å²) in [6.45, 7) is 6.72. The molecule has 1 fully saturated rings. The topological polar surface area (TPSA) is 46.2 Å². The zero-order valence-corrected chi connectivity index (χ0v) is 12.4. The van der Waals surface area contributed by atoms with E-state index >= 15 is 0 Å². The summed E-state index contributed by atoms with van der Waals surface area (Å²) in [4.78, 5) is 0. The van der Waals surface area contributed by atoms with Crippen molar-refractivity contribution in [3.8, 4) is 0 Å². The summed E-state index contributed by atoms with van der Waals surface area (Å²) in [6.07, 6.45) is 5.88. The van der Waals surface area contributed by atoms with Gasteiger partial charge in [0.25, 0.3) is 0 Å². The van der Waals surface area contributed by atoms with Gasteiger partial charge in [-0.1, -0.05) is 26.7 Å². The molecular formula is C13H27NO2S. The molecular weight excluding hydrogens is 234 g/mol. The summed E-state index contributed by atoms with van der Waals surface area (Å²) in [7, 11) is -2.82. The average Bonchev–Trinajstić information content (AvgIpc) is 2.21. The van der Waals surface area contributed by atoms with Crippen LogP contribution in [0.25, 0.3) is 0 Å². The first-order valence-electron chi connectivity index (χ1n) is 6.73. The third kappa shape index (κ3) is 5.38. The maximum Gasteiger partial charge on any atom is 0.147 e. The van der Waals surface area contributed by atoms with Crippen molar-refractivity contribution in [3.05, 3.63) is 0 Å². The first-order valence-corrected chi connectivity index (χ1v) is 8.79. The van der Waals surface area contributed by atoms with Gasteiger partial charge in [0.15, 0.2) is 0 Å². The smallest absolute Gasteiger partial charge is 0.147 e. The van der Waals surface area contributed by atoms with Crippen molar-refractivity contribution in [1.29, 1.82) is 0 Å². The van der Waals surface area contributed by atoms with Crippen molar-refractivity contribution in [3.63, 3.8) is 0 Å². The van der Waals surface area contributed by atoms with Crippen molar-refractivity contribution >= 4 is 9.84 Å². The van der Waals surface area contributed by atoms with E-state index in [2.05, 4.69) is 26.1 Å². The van der Waals surface area contributed by atoms with Gasteiger partial charge in [0, 0.05) is 18.3 Å². The minimum atomic E-state index is -2.82. The predicted molar refractivity (Wildman–Crippen MR) is 72.9 cm³/mol. The van der Waals surface area contributed by atoms with Gasteiger partial charge in [0.1, 0.15) is 9.84 Å². The van der Waals surface area contributed by atoms with Crippen LogP contribution in [0.5, 0.6) is 0 Å². The molecule has 3 nitrogen and oxygen atoms in total. The van der Waals surface area contributed by atoms with E-state index in [1.54, 1.807) is 0 Å². The summed E-state index contributed by atoms with van der Waals surface area (Å²) in [5, 5.41) is 3.61. The first-order chi connectivity index (χ1) is 7.79. The summed E-state index contributed by atoms with van der Waals surface area (Å²) in [5.74, 6) is 1.77. The maximum atomic E-state index is 11.1. The second kappa shape index (κ2) is 6.19. The van der Waals surface area contributed by atoms with Gasteiger partial charge in [-0.25, -0.2) is 8.42 Å². The second-order valence-corrected chi connectivity index (χ2v) is 8.12. The fraction of sp³-hybridized carbons (Fsp3) is 1.00. The highest BCUT2D eigenvalue weighted by atomic mass is 32.2. The van der Waals surface area contributed by atoms with Crippen LogP contribution in [0.1, 0.15) is 46.5 Å². The molecule has 1 N–H and O–H groups in total. The first kappa shape index (κ1) is 15.0. The molecule has 102 valence electrons. The molecule has 0 aromatic heterocycles. The van der Waals surface area contributed by atoms with Gasteiger partial charge in [0.05, 0.1) is 5.75 Å². The molecule has 1 aliphatic rings. The monoisotopic (exact) mass is 261 g/mol. The van der Waals surface area contributed by atoms with Gasteiger partial charge in [-0.3, -0.25) is 0 Å². The van der Waals surface area contributed by atoms with Gasteiger partial charge in [0.2, 0.25) is 0 Å². The van der Waals surface area contributed by atoms with Gasteiger partial charge in [-0.15, -0.1) is 0 Å². The minimum Gasteiger partial charge on any atom is -0.311 e. The van der Waals surface area contributed by atoms with Crippen molar-refractivity contribution < 1.29 is 8.42 Å². The van der Waals surface area contributed by atoms with E-state index in [1.165, 1.54) is 25.5 Å². The van der Waals surface area contributed by atoms with Crippen LogP contribution < -0.4 is 5.32 Å². The van der Waals surface area contributed by atoms with Crippen LogP contribution in [0.15, 0.2) is 0 Å². The lowest BCUT2D eigenvalue weighted by molar-refractivity contribution is 0.195. The van der Waals surface area contributed by atoms with E-state index in [1.807, 2.05) is 0 Å². The molecule has 1 saturated carbocycles. The van der Waals surface area contributed by atoms with E-state index in [-0.39, 0.29) is 5.75 Å². The van der Waals surface area contributed by atoms with Gasteiger partial charge < -0.3 is 5.32 Å². The predicted octanol–water partition coefficient (Wildman–Crippen LogP) is 2.22. The lowest BCUT2D eigenvalue weighted by atomic mass is 9.78. The average molecular weight is 261 g/mol. The van der Waals surface area contributed by atoms with Crippen LogP contribution in [-0.2, 0) is 9.84 Å². The van der Waals surface area contributed by atoms with Gasteiger partial charge in [-0.05, 0) is 31.6 Å². The molecule has 0 aromatic rings. The van der Waals surface area contributed by atoms with Crippen molar-refractivity contribution in [2.45, 2.75) is 58.5 Å². The molecule has 0 saturated heterocycles. The largest absolute Gasteiger partial charge is 0.311 e. The van der Waals surface area contributed by atoms with E-state index < -0.39 is 9.84 Å². The van der Waals surface area contributed by atoms with Crippen LogP contribution in [0, 0.1) is 11.8 Å². The molecule has 1 rings (SSSR count). The molecule has 0 unspecified atom stereocenters. The zero-order valence-electron chi connectivity index (χ0n) is 11.6. The third-order valence-electron chi connectivity index (χ3n) is 4.13.